The van der Waals surface area contributed by atoms with Gasteiger partial charge in [-0.2, -0.15) is 4.98 Å². The van der Waals surface area contributed by atoms with E-state index in [9.17, 15) is 28.8 Å². The van der Waals surface area contributed by atoms with Gasteiger partial charge in [0.1, 0.15) is 48.8 Å². The molecule has 45 heavy (non-hydrogen) atoms. The lowest BCUT2D eigenvalue weighted by Gasteiger charge is -2.26. The maximum absolute atomic E-state index is 13.2. The minimum Gasteiger partial charge on any atom is -0.387 e. The summed E-state index contributed by atoms with van der Waals surface area (Å²) >= 11 is 0. The standard InChI is InChI=1S/C21H26N10O12P2/c22-16-12-17(25-4-24-16)30(5-26-12)11-1-8-9(41-11)2-40-45(36,37)43-15-14(32)10(3-39-44(34,35)7-38-8)42-20(15)31-6-27-13-18(31)28-21(23)29-19(13)33/h4-6,8-11,14-15,20,32H,1-3,7H2,(H,34,35)(H,36,37)(H2,22,24,25)(H3,23,28,29,33)/t8?,9-,10-,11-,14?,15+,20-/m1/s1. The summed E-state index contributed by atoms with van der Waals surface area (Å²) in [5.41, 5.74) is 11.3. The zero-order chi connectivity index (χ0) is 31.7. The molecule has 0 aromatic carbocycles. The zero-order valence-corrected chi connectivity index (χ0v) is 24.6. The van der Waals surface area contributed by atoms with Crippen LogP contribution < -0.4 is 17.0 Å². The maximum Gasteiger partial charge on any atom is 0.472 e. The van der Waals surface area contributed by atoms with Crippen LogP contribution in [0.25, 0.3) is 22.3 Å². The Morgan fingerprint density at radius 2 is 1.69 bits per heavy atom. The SMILES string of the molecule is Nc1nc2c(ncn2[C@@H]2O[C@@H]3COP(=O)(O)COC4C[C@H](n5cnc6c(N)ncnc65)O[C@@H]4COP(=O)(O)O[C@H]2C3O)c(=O)[nH]1. The molecule has 4 aromatic rings. The highest BCUT2D eigenvalue weighted by Gasteiger charge is 2.51. The van der Waals surface area contributed by atoms with E-state index in [2.05, 4.69) is 29.9 Å². The van der Waals surface area contributed by atoms with Gasteiger partial charge in [0.25, 0.3) is 5.56 Å². The fourth-order valence-electron chi connectivity index (χ4n) is 5.37. The van der Waals surface area contributed by atoms with Gasteiger partial charge in [0.05, 0.1) is 32.0 Å². The van der Waals surface area contributed by atoms with Crippen LogP contribution in [0.5, 0.6) is 0 Å². The van der Waals surface area contributed by atoms with E-state index < -0.39 is 83.5 Å². The minimum atomic E-state index is -4.99. The van der Waals surface area contributed by atoms with Crippen molar-refractivity contribution in [2.24, 2.45) is 0 Å². The zero-order valence-electron chi connectivity index (χ0n) is 22.8. The number of aromatic amines is 1. The quantitative estimate of drug-likeness (QED) is 0.135. The number of fused-ring (bicyclic) bond motifs is 5. The van der Waals surface area contributed by atoms with Crippen molar-refractivity contribution in [3.8, 4) is 0 Å². The Morgan fingerprint density at radius 3 is 2.51 bits per heavy atom. The first-order valence-electron chi connectivity index (χ1n) is 13.3. The smallest absolute Gasteiger partial charge is 0.387 e. The molecule has 242 valence electrons. The Labute approximate surface area is 250 Å². The van der Waals surface area contributed by atoms with E-state index in [1.54, 1.807) is 4.57 Å². The summed E-state index contributed by atoms with van der Waals surface area (Å²) in [4.78, 5) is 56.2. The van der Waals surface area contributed by atoms with Gasteiger partial charge in [0, 0.05) is 6.42 Å². The van der Waals surface area contributed by atoms with Gasteiger partial charge in [0.2, 0.25) is 5.95 Å². The third-order valence-electron chi connectivity index (χ3n) is 7.46. The number of nitrogen functional groups attached to an aromatic ring is 2. The molecule has 3 aliphatic heterocycles. The second kappa shape index (κ2) is 11.1. The molecule has 8 N–H and O–H groups in total. The molecular formula is C21H26N10O12P2. The van der Waals surface area contributed by atoms with E-state index in [1.807, 2.05) is 0 Å². The molecule has 0 amide bonds. The predicted molar refractivity (Wildman–Crippen MR) is 147 cm³/mol. The first-order valence-corrected chi connectivity index (χ1v) is 16.5. The van der Waals surface area contributed by atoms with Gasteiger partial charge in [-0.15, -0.1) is 0 Å². The molecule has 24 heteroatoms. The number of ether oxygens (including phenoxy) is 3. The Bertz CT molecular complexity index is 1920. The Hall–Kier alpha value is -3.40. The number of hydrogen-bond acceptors (Lipinski definition) is 17. The maximum atomic E-state index is 13.2. The summed E-state index contributed by atoms with van der Waals surface area (Å²) in [6.07, 6.45) is -5.90. The molecule has 9 atom stereocenters. The topological polar surface area (TPSA) is 309 Å². The number of anilines is 2. The number of aromatic nitrogens is 8. The molecule has 3 aliphatic rings. The van der Waals surface area contributed by atoms with Crippen molar-refractivity contribution in [1.29, 1.82) is 0 Å². The molecule has 0 radical (unpaired) electrons. The lowest BCUT2D eigenvalue weighted by Crippen LogP contribution is -2.36. The summed E-state index contributed by atoms with van der Waals surface area (Å²) in [5.74, 6) is -0.120. The van der Waals surface area contributed by atoms with E-state index in [0.717, 1.165) is 10.9 Å². The number of nitrogens with two attached hydrogens (primary N) is 2. The van der Waals surface area contributed by atoms with Crippen LogP contribution in [0.2, 0.25) is 0 Å². The molecular weight excluding hydrogens is 646 g/mol. The van der Waals surface area contributed by atoms with Crippen molar-refractivity contribution >= 4 is 49.5 Å². The van der Waals surface area contributed by atoms with Crippen molar-refractivity contribution < 1.29 is 51.8 Å². The van der Waals surface area contributed by atoms with Crippen LogP contribution in [0.15, 0.2) is 23.8 Å². The predicted octanol–water partition coefficient (Wildman–Crippen LogP) is -1.27. The fourth-order valence-corrected chi connectivity index (χ4v) is 7.14. The molecule has 0 aliphatic carbocycles. The number of hydrogen-bond donors (Lipinski definition) is 6. The van der Waals surface area contributed by atoms with Gasteiger partial charge in [-0.25, -0.2) is 24.5 Å². The van der Waals surface area contributed by atoms with Gasteiger partial charge in [-0.1, -0.05) is 0 Å². The van der Waals surface area contributed by atoms with E-state index >= 15 is 0 Å². The van der Waals surface area contributed by atoms with Crippen molar-refractivity contribution in [2.75, 3.05) is 31.0 Å². The highest BCUT2D eigenvalue weighted by atomic mass is 31.2. The summed E-state index contributed by atoms with van der Waals surface area (Å²) < 4.78 is 62.3. The average Bonchev–Trinajstić information content (AvgIpc) is 3.75. The van der Waals surface area contributed by atoms with Crippen LogP contribution in [-0.4, -0.2) is 104 Å². The highest BCUT2D eigenvalue weighted by molar-refractivity contribution is 7.52. The fraction of sp³-hybridized carbons (Fsp3) is 0.524. The second-order valence-corrected chi connectivity index (χ2v) is 13.6. The van der Waals surface area contributed by atoms with E-state index in [0.29, 0.717) is 11.2 Å². The normalized spacial score (nSPS) is 36.3. The van der Waals surface area contributed by atoms with Crippen LogP contribution >= 0.6 is 15.4 Å². The third kappa shape index (κ3) is 5.64. The number of aliphatic hydroxyl groups excluding tert-OH is 1. The van der Waals surface area contributed by atoms with E-state index in [1.165, 1.54) is 12.7 Å². The largest absolute Gasteiger partial charge is 0.472 e. The number of imidazole rings is 2. The Balaban J connectivity index is 1.18. The Morgan fingerprint density at radius 1 is 0.933 bits per heavy atom. The number of phosphoric acid groups is 1. The summed E-state index contributed by atoms with van der Waals surface area (Å²) in [5, 5.41) is 11.0. The van der Waals surface area contributed by atoms with E-state index in [4.69, 9.17) is 39.2 Å². The Kier molecular flexibility index (Phi) is 7.49. The van der Waals surface area contributed by atoms with E-state index in [-0.39, 0.29) is 29.4 Å². The number of H-pyrrole nitrogens is 1. The van der Waals surface area contributed by atoms with Crippen LogP contribution in [0.3, 0.4) is 0 Å². The minimum absolute atomic E-state index is 0.0814. The summed E-state index contributed by atoms with van der Waals surface area (Å²) in [6, 6.07) is 0. The molecule has 3 saturated heterocycles. The van der Waals surface area contributed by atoms with Crippen LogP contribution in [0, 0.1) is 0 Å². The monoisotopic (exact) mass is 672 g/mol. The van der Waals surface area contributed by atoms with Crippen molar-refractivity contribution in [3.63, 3.8) is 0 Å². The van der Waals surface area contributed by atoms with Crippen LogP contribution in [-0.2, 0) is 36.9 Å². The molecule has 3 fully saturated rings. The molecule has 22 nitrogen and oxygen atoms in total. The number of nitrogens with one attached hydrogen (secondary N) is 1. The second-order valence-electron chi connectivity index (χ2n) is 10.4. The summed E-state index contributed by atoms with van der Waals surface area (Å²) in [7, 11) is -9.45. The first-order chi connectivity index (χ1) is 21.4. The van der Waals surface area contributed by atoms with Crippen LogP contribution in [0.1, 0.15) is 18.9 Å². The number of nitrogens with zero attached hydrogens (tertiary/aromatic N) is 7. The van der Waals surface area contributed by atoms with Crippen molar-refractivity contribution in [2.45, 2.75) is 49.4 Å². The van der Waals surface area contributed by atoms with Gasteiger partial charge in [-0.05, 0) is 0 Å². The molecule has 2 bridgehead atoms. The number of aliphatic hydroxyl groups is 1. The third-order valence-corrected chi connectivity index (χ3v) is 9.48. The molecule has 7 heterocycles. The van der Waals surface area contributed by atoms with Crippen molar-refractivity contribution in [1.82, 2.24) is 39.0 Å². The lowest BCUT2D eigenvalue weighted by atomic mass is 10.1. The number of rotatable bonds is 2. The van der Waals surface area contributed by atoms with Gasteiger partial charge >= 0.3 is 15.4 Å². The molecule has 0 saturated carbocycles. The first kappa shape index (κ1) is 30.3. The molecule has 4 aromatic heterocycles. The van der Waals surface area contributed by atoms with Gasteiger partial charge in [-0.3, -0.25) is 32.5 Å². The summed E-state index contributed by atoms with van der Waals surface area (Å²) in [6.45, 7) is -1.25. The van der Waals surface area contributed by atoms with Gasteiger partial charge < -0.3 is 45.1 Å². The lowest BCUT2D eigenvalue weighted by molar-refractivity contribution is -0.0630. The average molecular weight is 672 g/mol. The van der Waals surface area contributed by atoms with Crippen molar-refractivity contribution in [3.05, 3.63) is 29.3 Å². The number of phosphoric ester groups is 1. The molecule has 0 spiro atoms. The molecule has 7 rings (SSSR count). The van der Waals surface area contributed by atoms with Crippen LogP contribution in [0.4, 0.5) is 11.8 Å². The molecule has 4 unspecified atom stereocenters. The van der Waals surface area contributed by atoms with Gasteiger partial charge in [0.15, 0.2) is 28.9 Å². The highest BCUT2D eigenvalue weighted by Crippen LogP contribution is 2.51.